The largest absolute Gasteiger partial charge is 0.465 e. The van der Waals surface area contributed by atoms with Gasteiger partial charge in [0.1, 0.15) is 6.10 Å². The van der Waals surface area contributed by atoms with Crippen molar-refractivity contribution in [3.8, 4) is 0 Å². The zero-order valence-corrected chi connectivity index (χ0v) is 18.8. The highest BCUT2D eigenvalue weighted by atomic mass is 16.5. The molecule has 3 saturated carbocycles. The summed E-state index contributed by atoms with van der Waals surface area (Å²) in [5, 5.41) is 22.6. The standard InChI is InChI=1S/C24H36O6/c1-14(25)29-13-23(5)17-12-19(28)24-11-10-21(3,20(24)30-15(2)26)8-6-16(24)22(17,4)9-7-18(23)27/h10-11,16-20,27-28H,6-9,12-13H2,1-5H3. The van der Waals surface area contributed by atoms with Crippen molar-refractivity contribution in [2.24, 2.45) is 33.5 Å². The van der Waals surface area contributed by atoms with Crippen LogP contribution in [0.3, 0.4) is 0 Å². The number of aliphatic hydroxyl groups is 2. The van der Waals surface area contributed by atoms with Crippen molar-refractivity contribution in [1.82, 2.24) is 0 Å². The van der Waals surface area contributed by atoms with Crippen molar-refractivity contribution in [1.29, 1.82) is 0 Å². The second-order valence-corrected chi connectivity index (χ2v) is 11.1. The van der Waals surface area contributed by atoms with Gasteiger partial charge < -0.3 is 19.7 Å². The minimum absolute atomic E-state index is 0.00457. The van der Waals surface area contributed by atoms with Gasteiger partial charge in [-0.15, -0.1) is 0 Å². The lowest BCUT2D eigenvalue weighted by atomic mass is 9.38. The molecule has 6 nitrogen and oxygen atoms in total. The number of carbonyl (C=O) groups excluding carboxylic acids is 2. The van der Waals surface area contributed by atoms with Gasteiger partial charge in [-0.2, -0.15) is 0 Å². The number of hydrogen-bond donors (Lipinski definition) is 2. The first-order chi connectivity index (χ1) is 13.9. The number of esters is 2. The van der Waals surface area contributed by atoms with Crippen LogP contribution in [0.5, 0.6) is 0 Å². The van der Waals surface area contributed by atoms with Crippen molar-refractivity contribution < 1.29 is 29.3 Å². The Balaban J connectivity index is 1.77. The van der Waals surface area contributed by atoms with Gasteiger partial charge in [0.05, 0.1) is 24.2 Å². The van der Waals surface area contributed by atoms with E-state index in [0.717, 1.165) is 19.3 Å². The number of aliphatic hydroxyl groups excluding tert-OH is 2. The summed E-state index contributed by atoms with van der Waals surface area (Å²) in [6.07, 6.45) is 6.43. The molecule has 2 N–H and O–H groups in total. The fourth-order valence-electron chi connectivity index (χ4n) is 7.89. The first-order valence-electron chi connectivity index (χ1n) is 11.3. The molecule has 0 amide bonds. The Hall–Kier alpha value is -1.40. The SMILES string of the molecule is CC(=O)OCC1(C)C(O)CCC2(C)C1CC(O)C13C=CC(C)(CCC21)C3OC(C)=O. The first kappa shape index (κ1) is 21.8. The molecule has 0 aromatic carbocycles. The van der Waals surface area contributed by atoms with Gasteiger partial charge in [-0.05, 0) is 49.4 Å². The van der Waals surface area contributed by atoms with Crippen LogP contribution in [0.2, 0.25) is 0 Å². The number of rotatable bonds is 3. The summed E-state index contributed by atoms with van der Waals surface area (Å²) in [4.78, 5) is 23.5. The summed E-state index contributed by atoms with van der Waals surface area (Å²) in [6.45, 7) is 9.37. The molecule has 30 heavy (non-hydrogen) atoms. The van der Waals surface area contributed by atoms with Crippen LogP contribution >= 0.6 is 0 Å². The van der Waals surface area contributed by atoms with Gasteiger partial charge in [0.15, 0.2) is 0 Å². The Kier molecular flexibility index (Phi) is 4.94. The van der Waals surface area contributed by atoms with Gasteiger partial charge in [0, 0.05) is 24.7 Å². The smallest absolute Gasteiger partial charge is 0.302 e. The van der Waals surface area contributed by atoms with Crippen LogP contribution < -0.4 is 0 Å². The van der Waals surface area contributed by atoms with Gasteiger partial charge in [0.25, 0.3) is 0 Å². The van der Waals surface area contributed by atoms with Crippen LogP contribution in [-0.4, -0.2) is 47.1 Å². The molecular weight excluding hydrogens is 384 g/mol. The van der Waals surface area contributed by atoms with Crippen LogP contribution in [0.15, 0.2) is 12.2 Å². The van der Waals surface area contributed by atoms with E-state index in [-0.39, 0.29) is 47.3 Å². The average Bonchev–Trinajstić information content (AvgIpc) is 2.83. The Morgan fingerprint density at radius 3 is 2.30 bits per heavy atom. The highest BCUT2D eigenvalue weighted by Gasteiger charge is 2.72. The normalized spacial score (nSPS) is 51.6. The molecular formula is C24H36O6. The molecule has 3 fully saturated rings. The first-order valence-corrected chi connectivity index (χ1v) is 11.3. The molecule has 1 spiro atoms. The summed E-state index contributed by atoms with van der Waals surface area (Å²) in [7, 11) is 0. The zero-order valence-electron chi connectivity index (χ0n) is 18.8. The fourth-order valence-corrected chi connectivity index (χ4v) is 7.89. The van der Waals surface area contributed by atoms with E-state index in [1.807, 2.05) is 6.92 Å². The highest BCUT2D eigenvalue weighted by Crippen LogP contribution is 2.72. The summed E-state index contributed by atoms with van der Waals surface area (Å²) in [5.74, 6) is -0.548. The number of ether oxygens (including phenoxy) is 2. The molecule has 0 saturated heterocycles. The molecule has 6 heteroatoms. The van der Waals surface area contributed by atoms with Crippen molar-refractivity contribution in [3.05, 3.63) is 12.2 Å². The maximum absolute atomic E-state index is 12.0. The summed E-state index contributed by atoms with van der Waals surface area (Å²) >= 11 is 0. The van der Waals surface area contributed by atoms with E-state index < -0.39 is 23.0 Å². The van der Waals surface area contributed by atoms with E-state index >= 15 is 0 Å². The van der Waals surface area contributed by atoms with Gasteiger partial charge in [0.2, 0.25) is 0 Å². The molecule has 4 aliphatic rings. The quantitative estimate of drug-likeness (QED) is 0.539. The third kappa shape index (κ3) is 2.75. The Morgan fingerprint density at radius 2 is 1.67 bits per heavy atom. The van der Waals surface area contributed by atoms with Crippen molar-refractivity contribution in [2.75, 3.05) is 6.61 Å². The molecule has 0 heterocycles. The minimum atomic E-state index is -0.690. The maximum Gasteiger partial charge on any atom is 0.302 e. The van der Waals surface area contributed by atoms with E-state index in [1.54, 1.807) is 0 Å². The third-order valence-corrected chi connectivity index (χ3v) is 9.39. The third-order valence-electron chi connectivity index (χ3n) is 9.39. The predicted octanol–water partition coefficient (Wildman–Crippen LogP) is 3.00. The lowest BCUT2D eigenvalue weighted by Crippen LogP contribution is -2.69. The minimum Gasteiger partial charge on any atom is -0.465 e. The Morgan fingerprint density at radius 1 is 0.967 bits per heavy atom. The molecule has 2 bridgehead atoms. The van der Waals surface area contributed by atoms with E-state index in [0.29, 0.717) is 12.8 Å². The second kappa shape index (κ2) is 6.80. The lowest BCUT2D eigenvalue weighted by molar-refractivity contribution is -0.256. The lowest BCUT2D eigenvalue weighted by Gasteiger charge is -2.67. The van der Waals surface area contributed by atoms with E-state index in [4.69, 9.17) is 9.47 Å². The zero-order chi connectivity index (χ0) is 22.1. The molecule has 0 aliphatic heterocycles. The van der Waals surface area contributed by atoms with Crippen molar-refractivity contribution in [2.45, 2.75) is 85.0 Å². The molecule has 168 valence electrons. The topological polar surface area (TPSA) is 93.1 Å². The molecule has 0 aromatic rings. The van der Waals surface area contributed by atoms with Gasteiger partial charge >= 0.3 is 11.9 Å². The highest BCUT2D eigenvalue weighted by molar-refractivity contribution is 5.67. The maximum atomic E-state index is 12.0. The van der Waals surface area contributed by atoms with Gasteiger partial charge in [-0.1, -0.05) is 32.9 Å². The summed E-state index contributed by atoms with van der Waals surface area (Å²) < 4.78 is 11.3. The van der Waals surface area contributed by atoms with Crippen LogP contribution in [0.4, 0.5) is 0 Å². The summed E-state index contributed by atoms with van der Waals surface area (Å²) in [6, 6.07) is 0. The molecule has 0 radical (unpaired) electrons. The van der Waals surface area contributed by atoms with Gasteiger partial charge in [-0.3, -0.25) is 9.59 Å². The second-order valence-electron chi connectivity index (χ2n) is 11.1. The van der Waals surface area contributed by atoms with E-state index in [9.17, 15) is 19.8 Å². The van der Waals surface area contributed by atoms with Crippen molar-refractivity contribution >= 4 is 11.9 Å². The van der Waals surface area contributed by atoms with Crippen molar-refractivity contribution in [3.63, 3.8) is 0 Å². The number of fused-ring (bicyclic) bond motifs is 3. The van der Waals surface area contributed by atoms with Crippen LogP contribution in [0.1, 0.15) is 66.7 Å². The average molecular weight is 421 g/mol. The molecule has 4 rings (SSSR count). The monoisotopic (exact) mass is 420 g/mol. The Labute approximate surface area is 179 Å². The van der Waals surface area contributed by atoms with Crippen LogP contribution in [0.25, 0.3) is 0 Å². The van der Waals surface area contributed by atoms with E-state index in [2.05, 4.69) is 26.0 Å². The predicted molar refractivity (Wildman–Crippen MR) is 110 cm³/mol. The van der Waals surface area contributed by atoms with Gasteiger partial charge in [-0.25, -0.2) is 0 Å². The van der Waals surface area contributed by atoms with Crippen LogP contribution in [0, 0.1) is 33.5 Å². The summed E-state index contributed by atoms with van der Waals surface area (Å²) in [5.41, 5.74) is -1.65. The Bertz CT molecular complexity index is 778. The molecule has 4 aliphatic carbocycles. The fraction of sp³-hybridized carbons (Fsp3) is 0.833. The van der Waals surface area contributed by atoms with E-state index in [1.165, 1.54) is 13.8 Å². The molecule has 0 aromatic heterocycles. The van der Waals surface area contributed by atoms with Crippen LogP contribution in [-0.2, 0) is 19.1 Å². The molecule has 9 unspecified atom stereocenters. The molecule has 9 atom stereocenters. The number of hydrogen-bond acceptors (Lipinski definition) is 6. The number of carbonyl (C=O) groups is 2.